The van der Waals surface area contributed by atoms with Crippen LogP contribution in [0.5, 0.6) is 0 Å². The van der Waals surface area contributed by atoms with Crippen molar-refractivity contribution in [1.29, 1.82) is 0 Å². The van der Waals surface area contributed by atoms with Crippen LogP contribution >= 0.6 is 11.3 Å². The van der Waals surface area contributed by atoms with Gasteiger partial charge >= 0.3 is 0 Å². The highest BCUT2D eigenvalue weighted by Crippen LogP contribution is 2.32. The summed E-state index contributed by atoms with van der Waals surface area (Å²) >= 11 is 1.61. The van der Waals surface area contributed by atoms with E-state index < -0.39 is 5.82 Å². The van der Waals surface area contributed by atoms with Crippen molar-refractivity contribution >= 4 is 49.7 Å². The van der Waals surface area contributed by atoms with Crippen LogP contribution in [0.15, 0.2) is 72.4 Å². The van der Waals surface area contributed by atoms with Gasteiger partial charge in [-0.2, -0.15) is 0 Å². The Kier molecular flexibility index (Phi) is 6.06. The molecule has 1 aliphatic heterocycles. The summed E-state index contributed by atoms with van der Waals surface area (Å²) in [6.07, 6.45) is 1.76. The van der Waals surface area contributed by atoms with Crippen LogP contribution in [0.2, 0.25) is 0 Å². The highest BCUT2D eigenvalue weighted by Gasteiger charge is 2.25. The number of halogens is 1. The van der Waals surface area contributed by atoms with Crippen molar-refractivity contribution in [2.24, 2.45) is 0 Å². The summed E-state index contributed by atoms with van der Waals surface area (Å²) in [5.74, 6) is -0.545. The first-order valence-corrected chi connectivity index (χ1v) is 13.1. The van der Waals surface area contributed by atoms with Crippen LogP contribution in [0.1, 0.15) is 17.3 Å². The topological polar surface area (TPSA) is 61.4 Å². The van der Waals surface area contributed by atoms with Gasteiger partial charge in [-0.25, -0.2) is 9.37 Å². The number of rotatable bonds is 4. The molecule has 1 aliphatic rings. The van der Waals surface area contributed by atoms with Gasteiger partial charge in [-0.3, -0.25) is 9.78 Å². The van der Waals surface area contributed by atoms with Crippen molar-refractivity contribution in [2.45, 2.75) is 13.0 Å². The molecule has 186 valence electrons. The average Bonchev–Trinajstić information content (AvgIpc) is 3.38. The Balaban J connectivity index is 1.30. The molecule has 1 atom stereocenters. The molecular formula is C29H26FN5OS. The Hall–Kier alpha value is -3.88. The molecule has 0 bridgehead atoms. The van der Waals surface area contributed by atoms with E-state index >= 15 is 4.39 Å². The quantitative estimate of drug-likeness (QED) is 0.313. The Morgan fingerprint density at radius 2 is 1.92 bits per heavy atom. The molecule has 5 aromatic rings. The molecule has 0 aliphatic carbocycles. The first-order chi connectivity index (χ1) is 18.0. The SMILES string of the molecule is CC1CN(C(=O)c2ccc(-c3ccc4nccc(Nc5ccc6scnc6c5)c4c3)c(F)c2)CCN1C. The Labute approximate surface area is 218 Å². The molecule has 6 rings (SSSR count). The number of carbonyl (C=O) groups excluding carboxylic acids is 1. The number of amides is 1. The van der Waals surface area contributed by atoms with Crippen LogP contribution in [-0.4, -0.2) is 58.4 Å². The molecule has 0 saturated carbocycles. The third kappa shape index (κ3) is 4.54. The van der Waals surface area contributed by atoms with Crippen LogP contribution in [0.3, 0.4) is 0 Å². The van der Waals surface area contributed by atoms with Gasteiger partial charge in [-0.15, -0.1) is 11.3 Å². The minimum atomic E-state index is -0.417. The fourth-order valence-electron chi connectivity index (χ4n) is 4.81. The smallest absolute Gasteiger partial charge is 0.254 e. The van der Waals surface area contributed by atoms with Gasteiger partial charge in [0, 0.05) is 59.8 Å². The molecule has 3 heterocycles. The lowest BCUT2D eigenvalue weighted by molar-refractivity contribution is 0.0572. The number of thiazole rings is 1. The third-order valence-electron chi connectivity index (χ3n) is 7.12. The lowest BCUT2D eigenvalue weighted by Crippen LogP contribution is -2.52. The second-order valence-electron chi connectivity index (χ2n) is 9.53. The molecule has 0 spiro atoms. The third-order valence-corrected chi connectivity index (χ3v) is 7.93. The van der Waals surface area contributed by atoms with Crippen molar-refractivity contribution < 1.29 is 9.18 Å². The summed E-state index contributed by atoms with van der Waals surface area (Å²) in [5, 5.41) is 4.35. The molecule has 1 amide bonds. The molecule has 3 aromatic carbocycles. The van der Waals surface area contributed by atoms with Crippen molar-refractivity contribution in [3.8, 4) is 11.1 Å². The van der Waals surface area contributed by atoms with E-state index in [-0.39, 0.29) is 11.9 Å². The van der Waals surface area contributed by atoms with Gasteiger partial charge in [0.1, 0.15) is 5.82 Å². The standard InChI is InChI=1S/C29H26FN5OS/c1-18-16-35(12-11-34(18)2)29(36)20-3-6-22(24(30)14-20)19-4-7-25-23(13-19)26(9-10-31-25)33-21-5-8-28-27(15-21)32-17-37-28/h3-10,13-15,17-18H,11-12,16H2,1-2H3,(H,31,33). The fraction of sp³-hybridized carbons (Fsp3) is 0.207. The maximum Gasteiger partial charge on any atom is 0.254 e. The fourth-order valence-corrected chi connectivity index (χ4v) is 5.47. The Morgan fingerprint density at radius 3 is 2.76 bits per heavy atom. The van der Waals surface area contributed by atoms with Gasteiger partial charge in [-0.1, -0.05) is 12.1 Å². The average molecular weight is 512 g/mol. The van der Waals surface area contributed by atoms with Crippen molar-refractivity contribution in [2.75, 3.05) is 32.0 Å². The number of nitrogens with zero attached hydrogens (tertiary/aromatic N) is 4. The van der Waals surface area contributed by atoms with Crippen molar-refractivity contribution in [3.05, 3.63) is 83.8 Å². The molecule has 1 unspecified atom stereocenters. The molecular weight excluding hydrogens is 485 g/mol. The Morgan fingerprint density at radius 1 is 1.03 bits per heavy atom. The molecule has 8 heteroatoms. The molecule has 0 radical (unpaired) electrons. The van der Waals surface area contributed by atoms with E-state index in [9.17, 15) is 4.79 Å². The van der Waals surface area contributed by atoms with E-state index in [0.717, 1.165) is 44.6 Å². The van der Waals surface area contributed by atoms with E-state index in [1.165, 1.54) is 6.07 Å². The van der Waals surface area contributed by atoms with Crippen LogP contribution in [0.4, 0.5) is 15.8 Å². The van der Waals surface area contributed by atoms with Gasteiger partial charge in [0.15, 0.2) is 0 Å². The van der Waals surface area contributed by atoms with E-state index in [0.29, 0.717) is 24.2 Å². The van der Waals surface area contributed by atoms with E-state index in [2.05, 4.69) is 34.2 Å². The molecule has 1 N–H and O–H groups in total. The summed E-state index contributed by atoms with van der Waals surface area (Å²) in [4.78, 5) is 25.9. The normalized spacial score (nSPS) is 16.4. The summed E-state index contributed by atoms with van der Waals surface area (Å²) in [7, 11) is 2.06. The predicted octanol–water partition coefficient (Wildman–Crippen LogP) is 6.17. The van der Waals surface area contributed by atoms with Crippen molar-refractivity contribution in [1.82, 2.24) is 19.8 Å². The number of hydrogen-bond acceptors (Lipinski definition) is 6. The number of carbonyl (C=O) groups is 1. The predicted molar refractivity (Wildman–Crippen MR) is 148 cm³/mol. The number of anilines is 2. The van der Waals surface area contributed by atoms with Crippen LogP contribution in [-0.2, 0) is 0 Å². The zero-order valence-electron chi connectivity index (χ0n) is 20.6. The summed E-state index contributed by atoms with van der Waals surface area (Å²) < 4.78 is 16.5. The maximum absolute atomic E-state index is 15.4. The zero-order chi connectivity index (χ0) is 25.5. The van der Waals surface area contributed by atoms with Crippen molar-refractivity contribution in [3.63, 3.8) is 0 Å². The van der Waals surface area contributed by atoms with Crippen LogP contribution in [0.25, 0.3) is 32.2 Å². The minimum absolute atomic E-state index is 0.128. The summed E-state index contributed by atoms with van der Waals surface area (Å²) in [5.41, 5.74) is 6.92. The van der Waals surface area contributed by atoms with Gasteiger partial charge < -0.3 is 15.1 Å². The monoisotopic (exact) mass is 511 g/mol. The first-order valence-electron chi connectivity index (χ1n) is 12.2. The first kappa shape index (κ1) is 23.5. The number of benzene rings is 3. The number of aromatic nitrogens is 2. The number of pyridine rings is 1. The molecule has 6 nitrogen and oxygen atoms in total. The highest BCUT2D eigenvalue weighted by molar-refractivity contribution is 7.16. The number of fused-ring (bicyclic) bond motifs is 2. The van der Waals surface area contributed by atoms with E-state index in [4.69, 9.17) is 0 Å². The number of likely N-dealkylation sites (N-methyl/N-ethyl adjacent to an activating group) is 1. The van der Waals surface area contributed by atoms with E-state index in [1.807, 2.05) is 52.9 Å². The largest absolute Gasteiger partial charge is 0.355 e. The van der Waals surface area contributed by atoms with Gasteiger partial charge in [0.25, 0.3) is 5.91 Å². The Bertz CT molecular complexity index is 1630. The number of piperazine rings is 1. The zero-order valence-corrected chi connectivity index (χ0v) is 21.4. The van der Waals surface area contributed by atoms with Crippen LogP contribution < -0.4 is 5.32 Å². The maximum atomic E-state index is 15.4. The van der Waals surface area contributed by atoms with Gasteiger partial charge in [-0.05, 0) is 68.1 Å². The highest BCUT2D eigenvalue weighted by atomic mass is 32.1. The number of nitrogens with one attached hydrogen (secondary N) is 1. The molecule has 1 fully saturated rings. The summed E-state index contributed by atoms with van der Waals surface area (Å²) in [6.45, 7) is 4.19. The molecule has 2 aromatic heterocycles. The lowest BCUT2D eigenvalue weighted by Gasteiger charge is -2.37. The summed E-state index contributed by atoms with van der Waals surface area (Å²) in [6, 6.07) is 18.7. The lowest BCUT2D eigenvalue weighted by atomic mass is 10.00. The minimum Gasteiger partial charge on any atom is -0.355 e. The number of hydrogen-bond donors (Lipinski definition) is 1. The second kappa shape index (κ2) is 9.53. The van der Waals surface area contributed by atoms with Gasteiger partial charge in [0.05, 0.1) is 21.2 Å². The molecule has 1 saturated heterocycles. The second-order valence-corrected chi connectivity index (χ2v) is 10.4. The van der Waals surface area contributed by atoms with Crippen LogP contribution in [0, 0.1) is 5.82 Å². The van der Waals surface area contributed by atoms with E-state index in [1.54, 1.807) is 29.7 Å². The van der Waals surface area contributed by atoms with Gasteiger partial charge in [0.2, 0.25) is 0 Å². The molecule has 37 heavy (non-hydrogen) atoms.